The van der Waals surface area contributed by atoms with Crippen LogP contribution in [0, 0.1) is 0 Å². The molecule has 0 aliphatic heterocycles. The van der Waals surface area contributed by atoms with Gasteiger partial charge in [0.2, 0.25) is 0 Å². The molecular weight excluding hydrogens is 194 g/mol. The molecular formula is C10H19N3O2. The van der Waals surface area contributed by atoms with E-state index in [1.165, 1.54) is 12.8 Å². The van der Waals surface area contributed by atoms with Gasteiger partial charge >= 0.3 is 0 Å². The molecule has 1 heterocycles. The fraction of sp³-hybridized carbons (Fsp3) is 0.800. The van der Waals surface area contributed by atoms with Crippen LogP contribution in [-0.4, -0.2) is 27.2 Å². The molecule has 0 aliphatic carbocycles. The van der Waals surface area contributed by atoms with Crippen LogP contribution < -0.4 is 0 Å². The summed E-state index contributed by atoms with van der Waals surface area (Å²) in [7, 11) is 1.63. The summed E-state index contributed by atoms with van der Waals surface area (Å²) in [4.78, 5) is 0. The molecule has 0 atom stereocenters. The zero-order valence-electron chi connectivity index (χ0n) is 9.44. The van der Waals surface area contributed by atoms with Gasteiger partial charge in [-0.25, -0.2) is 4.68 Å². The normalized spacial score (nSPS) is 10.9. The summed E-state index contributed by atoms with van der Waals surface area (Å²) >= 11 is 0. The first kappa shape index (κ1) is 12.1. The first-order chi connectivity index (χ1) is 7.33. The Morgan fingerprint density at radius 1 is 1.40 bits per heavy atom. The van der Waals surface area contributed by atoms with Crippen molar-refractivity contribution in [1.29, 1.82) is 0 Å². The number of hydrogen-bond donors (Lipinski definition) is 1. The van der Waals surface area contributed by atoms with Gasteiger partial charge in [0.25, 0.3) is 0 Å². The van der Waals surface area contributed by atoms with Crippen LogP contribution in [0.5, 0.6) is 0 Å². The summed E-state index contributed by atoms with van der Waals surface area (Å²) < 4.78 is 6.89. The summed E-state index contributed by atoms with van der Waals surface area (Å²) in [6.07, 6.45) is 3.45. The number of aliphatic hydroxyl groups is 1. The Labute approximate surface area is 90.1 Å². The molecule has 0 aromatic carbocycles. The van der Waals surface area contributed by atoms with E-state index >= 15 is 0 Å². The number of aliphatic hydroxyl groups excluding tert-OH is 1. The van der Waals surface area contributed by atoms with Crippen molar-refractivity contribution in [1.82, 2.24) is 15.0 Å². The zero-order chi connectivity index (χ0) is 11.1. The van der Waals surface area contributed by atoms with Crippen LogP contribution in [-0.2, 0) is 24.5 Å². The second-order valence-corrected chi connectivity index (χ2v) is 3.50. The minimum atomic E-state index is -0.0769. The lowest BCUT2D eigenvalue weighted by atomic mass is 10.2. The van der Waals surface area contributed by atoms with E-state index in [2.05, 4.69) is 17.2 Å². The van der Waals surface area contributed by atoms with Gasteiger partial charge in [0.1, 0.15) is 5.69 Å². The van der Waals surface area contributed by atoms with Crippen LogP contribution in [0.3, 0.4) is 0 Å². The SMILES string of the molecule is CCCCCn1nnc(CO)c1COC. The van der Waals surface area contributed by atoms with Crippen LogP contribution >= 0.6 is 0 Å². The highest BCUT2D eigenvalue weighted by atomic mass is 16.5. The van der Waals surface area contributed by atoms with Gasteiger partial charge in [-0.05, 0) is 6.42 Å². The largest absolute Gasteiger partial charge is 0.390 e. The smallest absolute Gasteiger partial charge is 0.114 e. The van der Waals surface area contributed by atoms with Gasteiger partial charge in [0, 0.05) is 13.7 Å². The third kappa shape index (κ3) is 3.28. The molecule has 0 unspecified atom stereocenters. The van der Waals surface area contributed by atoms with Gasteiger partial charge in [-0.2, -0.15) is 0 Å². The van der Waals surface area contributed by atoms with Crippen molar-refractivity contribution in [2.75, 3.05) is 7.11 Å². The average Bonchev–Trinajstić information content (AvgIpc) is 2.62. The van der Waals surface area contributed by atoms with Gasteiger partial charge in [-0.3, -0.25) is 0 Å². The lowest BCUT2D eigenvalue weighted by Crippen LogP contribution is -2.07. The number of aromatic nitrogens is 3. The Morgan fingerprint density at radius 2 is 2.20 bits per heavy atom. The molecule has 86 valence electrons. The summed E-state index contributed by atoms with van der Waals surface area (Å²) in [5.74, 6) is 0. The molecule has 0 fully saturated rings. The molecule has 1 N–H and O–H groups in total. The van der Waals surface area contributed by atoms with Crippen molar-refractivity contribution in [3.63, 3.8) is 0 Å². The number of unbranched alkanes of at least 4 members (excludes halogenated alkanes) is 2. The van der Waals surface area contributed by atoms with E-state index in [0.717, 1.165) is 18.7 Å². The van der Waals surface area contributed by atoms with Crippen molar-refractivity contribution in [2.24, 2.45) is 0 Å². The Balaban J connectivity index is 2.64. The molecule has 0 spiro atoms. The monoisotopic (exact) mass is 213 g/mol. The van der Waals surface area contributed by atoms with E-state index < -0.39 is 0 Å². The number of rotatable bonds is 7. The highest BCUT2D eigenvalue weighted by Gasteiger charge is 2.10. The highest BCUT2D eigenvalue weighted by Crippen LogP contribution is 2.08. The maximum atomic E-state index is 9.06. The Kier molecular flexibility index (Phi) is 5.28. The molecule has 0 radical (unpaired) electrons. The molecule has 0 bridgehead atoms. The van der Waals surface area contributed by atoms with E-state index in [1.807, 2.05) is 4.68 Å². The maximum Gasteiger partial charge on any atom is 0.114 e. The summed E-state index contributed by atoms with van der Waals surface area (Å²) in [5.41, 5.74) is 1.50. The molecule has 0 saturated heterocycles. The molecule has 5 heteroatoms. The molecule has 0 amide bonds. The van der Waals surface area contributed by atoms with Crippen LogP contribution in [0.4, 0.5) is 0 Å². The molecule has 5 nitrogen and oxygen atoms in total. The lowest BCUT2D eigenvalue weighted by molar-refractivity contribution is 0.172. The third-order valence-corrected chi connectivity index (χ3v) is 2.32. The van der Waals surface area contributed by atoms with Crippen molar-refractivity contribution < 1.29 is 9.84 Å². The number of aryl methyl sites for hydroxylation is 1. The number of methoxy groups -OCH3 is 1. The number of hydrogen-bond acceptors (Lipinski definition) is 4. The standard InChI is InChI=1S/C10H19N3O2/c1-3-4-5-6-13-10(8-15-2)9(7-14)11-12-13/h14H,3-8H2,1-2H3. The molecule has 0 aliphatic rings. The first-order valence-electron chi connectivity index (χ1n) is 5.34. The van der Waals surface area contributed by atoms with E-state index in [4.69, 9.17) is 9.84 Å². The summed E-state index contributed by atoms with van der Waals surface area (Å²) in [6.45, 7) is 3.39. The van der Waals surface area contributed by atoms with Crippen molar-refractivity contribution in [2.45, 2.75) is 45.9 Å². The molecule has 1 aromatic rings. The average molecular weight is 213 g/mol. The Bertz CT molecular complexity index is 286. The Morgan fingerprint density at radius 3 is 2.80 bits per heavy atom. The molecule has 0 saturated carbocycles. The minimum Gasteiger partial charge on any atom is -0.390 e. The van der Waals surface area contributed by atoms with E-state index in [1.54, 1.807) is 7.11 Å². The Hall–Kier alpha value is -0.940. The second-order valence-electron chi connectivity index (χ2n) is 3.50. The third-order valence-electron chi connectivity index (χ3n) is 2.32. The molecule has 15 heavy (non-hydrogen) atoms. The summed E-state index contributed by atoms with van der Waals surface area (Å²) in [6, 6.07) is 0. The quantitative estimate of drug-likeness (QED) is 0.689. The topological polar surface area (TPSA) is 60.2 Å². The van der Waals surface area contributed by atoms with Gasteiger partial charge in [0.15, 0.2) is 0 Å². The van der Waals surface area contributed by atoms with E-state index in [9.17, 15) is 0 Å². The van der Waals surface area contributed by atoms with Crippen molar-refractivity contribution in [3.05, 3.63) is 11.4 Å². The van der Waals surface area contributed by atoms with E-state index in [-0.39, 0.29) is 6.61 Å². The van der Waals surface area contributed by atoms with Crippen molar-refractivity contribution in [3.8, 4) is 0 Å². The van der Waals surface area contributed by atoms with Crippen LogP contribution in [0.1, 0.15) is 37.6 Å². The highest BCUT2D eigenvalue weighted by molar-refractivity contribution is 5.07. The predicted octanol–water partition coefficient (Wildman–Crippen LogP) is 1.11. The maximum absolute atomic E-state index is 9.06. The number of nitrogens with zero attached hydrogens (tertiary/aromatic N) is 3. The summed E-state index contributed by atoms with van der Waals surface area (Å²) in [5, 5.41) is 17.0. The molecule has 1 aromatic heterocycles. The minimum absolute atomic E-state index is 0.0769. The second kappa shape index (κ2) is 6.53. The fourth-order valence-corrected chi connectivity index (χ4v) is 1.48. The van der Waals surface area contributed by atoms with Gasteiger partial charge in [-0.1, -0.05) is 25.0 Å². The van der Waals surface area contributed by atoms with Crippen LogP contribution in [0.15, 0.2) is 0 Å². The van der Waals surface area contributed by atoms with Gasteiger partial charge in [-0.15, -0.1) is 5.10 Å². The molecule has 1 rings (SSSR count). The van der Waals surface area contributed by atoms with Gasteiger partial charge < -0.3 is 9.84 Å². The van der Waals surface area contributed by atoms with Gasteiger partial charge in [0.05, 0.1) is 18.9 Å². The lowest BCUT2D eigenvalue weighted by Gasteiger charge is -2.05. The van der Waals surface area contributed by atoms with Crippen LogP contribution in [0.25, 0.3) is 0 Å². The van der Waals surface area contributed by atoms with E-state index in [0.29, 0.717) is 12.3 Å². The van der Waals surface area contributed by atoms with Crippen LogP contribution in [0.2, 0.25) is 0 Å². The fourth-order valence-electron chi connectivity index (χ4n) is 1.48. The predicted molar refractivity (Wildman–Crippen MR) is 56.2 cm³/mol. The number of ether oxygens (including phenoxy) is 1. The first-order valence-corrected chi connectivity index (χ1v) is 5.34. The zero-order valence-corrected chi connectivity index (χ0v) is 9.44. The van der Waals surface area contributed by atoms with Crippen molar-refractivity contribution >= 4 is 0 Å².